The van der Waals surface area contributed by atoms with Crippen LogP contribution in [0, 0.1) is 5.92 Å². The van der Waals surface area contributed by atoms with Crippen LogP contribution in [0.1, 0.15) is 43.7 Å². The van der Waals surface area contributed by atoms with Crippen molar-refractivity contribution in [1.82, 2.24) is 4.90 Å². The molecular formula is C17H19NO4. The predicted octanol–water partition coefficient (Wildman–Crippen LogP) is 2.41. The minimum atomic E-state index is -0.728. The van der Waals surface area contributed by atoms with Crippen LogP contribution in [-0.4, -0.2) is 29.6 Å². The zero-order chi connectivity index (χ0) is 15.3. The highest BCUT2D eigenvalue weighted by Gasteiger charge is 2.64. The molecule has 1 aromatic rings. The van der Waals surface area contributed by atoms with Crippen LogP contribution in [0.2, 0.25) is 0 Å². The third-order valence-electron chi connectivity index (χ3n) is 5.16. The van der Waals surface area contributed by atoms with E-state index in [1.54, 1.807) is 4.90 Å². The van der Waals surface area contributed by atoms with E-state index < -0.39 is 17.6 Å². The van der Waals surface area contributed by atoms with Crippen LogP contribution in [0.15, 0.2) is 24.3 Å². The summed E-state index contributed by atoms with van der Waals surface area (Å²) in [5.74, 6) is -0.539. The fourth-order valence-corrected chi connectivity index (χ4v) is 4.14. The Morgan fingerprint density at radius 2 is 2.00 bits per heavy atom. The summed E-state index contributed by atoms with van der Waals surface area (Å²) in [4.78, 5) is 26.5. The van der Waals surface area contributed by atoms with E-state index in [1.807, 2.05) is 24.3 Å². The number of esters is 1. The molecule has 2 aliphatic heterocycles. The summed E-state index contributed by atoms with van der Waals surface area (Å²) in [5.41, 5.74) is 0.340. The maximum absolute atomic E-state index is 12.6. The molecule has 2 heterocycles. The lowest BCUT2D eigenvalue weighted by Crippen LogP contribution is -2.71. The first kappa shape index (κ1) is 13.6. The lowest BCUT2D eigenvalue weighted by molar-refractivity contribution is -0.217. The van der Waals surface area contributed by atoms with Crippen LogP contribution in [0.4, 0.5) is 0 Å². The molecule has 1 spiro atoms. The first-order valence-electron chi connectivity index (χ1n) is 7.87. The second-order valence-electron chi connectivity index (χ2n) is 6.30. The summed E-state index contributed by atoms with van der Waals surface area (Å²) < 4.78 is 11.1. The largest absolute Gasteiger partial charge is 0.468 e. The molecule has 1 aliphatic carbocycles. The number of rotatable bonds is 1. The van der Waals surface area contributed by atoms with Gasteiger partial charge in [0.25, 0.3) is 0 Å². The molecule has 0 N–H and O–H groups in total. The number of benzene rings is 1. The lowest BCUT2D eigenvalue weighted by Gasteiger charge is -2.59. The van der Waals surface area contributed by atoms with Crippen LogP contribution in [-0.2, 0) is 14.3 Å². The maximum atomic E-state index is 12.6. The number of carbonyl (C=O) groups is 2. The maximum Gasteiger partial charge on any atom is 0.320 e. The van der Waals surface area contributed by atoms with Crippen LogP contribution in [0.3, 0.4) is 0 Å². The van der Waals surface area contributed by atoms with Gasteiger partial charge in [0, 0.05) is 18.4 Å². The first-order valence-corrected chi connectivity index (χ1v) is 7.87. The smallest absolute Gasteiger partial charge is 0.320 e. The Bertz CT molecular complexity index is 635. The number of hydrogen-bond acceptors (Lipinski definition) is 4. The van der Waals surface area contributed by atoms with Crippen LogP contribution in [0.5, 0.6) is 5.75 Å². The van der Waals surface area contributed by atoms with Gasteiger partial charge in [-0.25, -0.2) is 0 Å². The van der Waals surface area contributed by atoms with E-state index >= 15 is 0 Å². The van der Waals surface area contributed by atoms with Gasteiger partial charge in [-0.05, 0) is 18.9 Å². The monoisotopic (exact) mass is 301 g/mol. The zero-order valence-corrected chi connectivity index (χ0v) is 12.6. The number of nitrogens with zero attached hydrogens (tertiary/aromatic N) is 1. The molecule has 5 nitrogen and oxygen atoms in total. The van der Waals surface area contributed by atoms with Crippen LogP contribution >= 0.6 is 0 Å². The van der Waals surface area contributed by atoms with Crippen molar-refractivity contribution in [3.8, 4) is 5.75 Å². The topological polar surface area (TPSA) is 55.8 Å². The number of ether oxygens (including phenoxy) is 2. The van der Waals surface area contributed by atoms with Gasteiger partial charge in [-0.2, -0.15) is 0 Å². The summed E-state index contributed by atoms with van der Waals surface area (Å²) in [5, 5.41) is 0. The molecule has 0 bridgehead atoms. The highest BCUT2D eigenvalue weighted by Crippen LogP contribution is 2.55. The van der Waals surface area contributed by atoms with E-state index in [0.717, 1.165) is 37.0 Å². The molecule has 1 aromatic carbocycles. The van der Waals surface area contributed by atoms with Gasteiger partial charge >= 0.3 is 5.97 Å². The Balaban J connectivity index is 1.80. The summed E-state index contributed by atoms with van der Waals surface area (Å²) in [6.07, 6.45) is 4.91. The summed E-state index contributed by atoms with van der Waals surface area (Å²) >= 11 is 0. The number of hydrogen-bond donors (Lipinski definition) is 0. The summed E-state index contributed by atoms with van der Waals surface area (Å²) in [7, 11) is 1.33. The number of amides is 1. The normalized spacial score (nSPS) is 28.2. The molecule has 1 amide bonds. The second-order valence-corrected chi connectivity index (χ2v) is 6.30. The molecule has 1 saturated heterocycles. The Labute approximate surface area is 129 Å². The number of methoxy groups -OCH3 is 1. The Kier molecular flexibility index (Phi) is 2.93. The quantitative estimate of drug-likeness (QED) is 0.454. The Morgan fingerprint density at radius 3 is 2.73 bits per heavy atom. The van der Waals surface area contributed by atoms with Crippen molar-refractivity contribution >= 4 is 11.9 Å². The summed E-state index contributed by atoms with van der Waals surface area (Å²) in [6.45, 7) is 0. The van der Waals surface area contributed by atoms with Gasteiger partial charge in [0.2, 0.25) is 5.91 Å². The molecular weight excluding hydrogens is 282 g/mol. The van der Waals surface area contributed by atoms with Crippen molar-refractivity contribution in [2.75, 3.05) is 7.11 Å². The second kappa shape index (κ2) is 4.73. The van der Waals surface area contributed by atoms with Crippen molar-refractivity contribution in [2.45, 2.75) is 43.9 Å². The Hall–Kier alpha value is -2.04. The SMILES string of the molecule is COC(=O)[C@H]1C(=O)N2[C@@H]1c1ccccc1OC21CCCCC1. The lowest BCUT2D eigenvalue weighted by atomic mass is 9.75. The third-order valence-corrected chi connectivity index (χ3v) is 5.16. The van der Waals surface area contributed by atoms with E-state index in [4.69, 9.17) is 9.47 Å². The molecule has 116 valence electrons. The average molecular weight is 301 g/mol. The third kappa shape index (κ3) is 1.65. The van der Waals surface area contributed by atoms with Crippen molar-refractivity contribution in [2.24, 2.45) is 5.92 Å². The van der Waals surface area contributed by atoms with Crippen molar-refractivity contribution in [1.29, 1.82) is 0 Å². The standard InChI is InChI=1S/C17H19NO4/c1-21-16(20)13-14-11-7-3-4-8-12(11)22-17(18(14)15(13)19)9-5-2-6-10-17/h3-4,7-8,13-14H,2,5-6,9-10H2,1H3/t13-,14-/m1/s1. The van der Waals surface area contributed by atoms with Crippen LogP contribution < -0.4 is 4.74 Å². The zero-order valence-electron chi connectivity index (χ0n) is 12.6. The van der Waals surface area contributed by atoms with E-state index in [-0.39, 0.29) is 11.9 Å². The highest BCUT2D eigenvalue weighted by atomic mass is 16.5. The van der Waals surface area contributed by atoms with Gasteiger partial charge in [-0.15, -0.1) is 0 Å². The molecule has 1 saturated carbocycles. The molecule has 5 heteroatoms. The predicted molar refractivity (Wildman–Crippen MR) is 78.0 cm³/mol. The molecule has 2 fully saturated rings. The fourth-order valence-electron chi connectivity index (χ4n) is 4.14. The van der Waals surface area contributed by atoms with Crippen molar-refractivity contribution < 1.29 is 19.1 Å². The van der Waals surface area contributed by atoms with Gasteiger partial charge in [0.1, 0.15) is 5.75 Å². The molecule has 4 rings (SSSR count). The molecule has 0 aromatic heterocycles. The number of carbonyl (C=O) groups excluding carboxylic acids is 2. The molecule has 22 heavy (non-hydrogen) atoms. The molecule has 2 atom stereocenters. The molecule has 0 unspecified atom stereocenters. The number of fused-ring (bicyclic) bond motifs is 4. The molecule has 0 radical (unpaired) electrons. The van der Waals surface area contributed by atoms with Gasteiger partial charge in [0.15, 0.2) is 11.6 Å². The highest BCUT2D eigenvalue weighted by molar-refractivity contribution is 6.04. The average Bonchev–Trinajstić information content (AvgIpc) is 2.54. The van der Waals surface area contributed by atoms with E-state index in [0.29, 0.717) is 0 Å². The van der Waals surface area contributed by atoms with Gasteiger partial charge in [-0.1, -0.05) is 24.6 Å². The van der Waals surface area contributed by atoms with Crippen molar-refractivity contribution in [3.63, 3.8) is 0 Å². The van der Waals surface area contributed by atoms with Crippen molar-refractivity contribution in [3.05, 3.63) is 29.8 Å². The minimum absolute atomic E-state index is 0.159. The Morgan fingerprint density at radius 1 is 1.27 bits per heavy atom. The van der Waals surface area contributed by atoms with E-state index in [1.165, 1.54) is 13.5 Å². The first-order chi connectivity index (χ1) is 10.7. The summed E-state index contributed by atoms with van der Waals surface area (Å²) in [6, 6.07) is 7.46. The minimum Gasteiger partial charge on any atom is -0.468 e. The van der Waals surface area contributed by atoms with E-state index in [2.05, 4.69) is 0 Å². The van der Waals surface area contributed by atoms with Crippen LogP contribution in [0.25, 0.3) is 0 Å². The molecule has 3 aliphatic rings. The fraction of sp³-hybridized carbons (Fsp3) is 0.529. The number of β-lactam (4-membered cyclic amide) rings is 1. The van der Waals surface area contributed by atoms with Gasteiger partial charge < -0.3 is 9.47 Å². The number of para-hydroxylation sites is 1. The van der Waals surface area contributed by atoms with Gasteiger partial charge in [-0.3, -0.25) is 14.5 Å². The van der Waals surface area contributed by atoms with Gasteiger partial charge in [0.05, 0.1) is 13.2 Å². The van der Waals surface area contributed by atoms with E-state index in [9.17, 15) is 9.59 Å².